The average Bonchev–Trinajstić information content (AvgIpc) is 3.48. The van der Waals surface area contributed by atoms with Crippen molar-refractivity contribution in [3.8, 4) is 0 Å². The van der Waals surface area contributed by atoms with Crippen molar-refractivity contribution in [2.45, 2.75) is 50.0 Å². The van der Waals surface area contributed by atoms with Gasteiger partial charge in [-0.15, -0.1) is 0 Å². The Morgan fingerprint density at radius 3 is 2.41 bits per heavy atom. The van der Waals surface area contributed by atoms with E-state index >= 15 is 4.39 Å². The number of hydrogen-bond donors (Lipinski definition) is 2. The predicted molar refractivity (Wildman–Crippen MR) is 136 cm³/mol. The molecule has 8 nitrogen and oxygen atoms in total. The van der Waals surface area contributed by atoms with Crippen LogP contribution in [0.25, 0.3) is 5.52 Å². The number of nitrogens with two attached hydrogens (primary N) is 1. The number of halogens is 1. The van der Waals surface area contributed by atoms with Gasteiger partial charge in [-0.3, -0.25) is 0 Å². The third kappa shape index (κ3) is 5.21. The summed E-state index contributed by atoms with van der Waals surface area (Å²) in [6.07, 6.45) is -1.26. The Kier molecular flexibility index (Phi) is 7.76. The number of alkyl halides is 1. The molecule has 0 saturated carbocycles. The van der Waals surface area contributed by atoms with Crippen molar-refractivity contribution >= 4 is 11.3 Å². The van der Waals surface area contributed by atoms with Gasteiger partial charge in [-0.2, -0.15) is 5.10 Å². The van der Waals surface area contributed by atoms with Crippen LogP contribution in [-0.2, 0) is 33.0 Å². The van der Waals surface area contributed by atoms with E-state index in [2.05, 4.69) is 10.1 Å². The highest BCUT2D eigenvalue weighted by Crippen LogP contribution is 2.47. The number of nitrogen functional groups attached to an aromatic ring is 1. The van der Waals surface area contributed by atoms with E-state index in [1.807, 2.05) is 60.7 Å². The van der Waals surface area contributed by atoms with E-state index in [-0.39, 0.29) is 32.1 Å². The molecule has 194 valence electrons. The van der Waals surface area contributed by atoms with Crippen LogP contribution >= 0.6 is 0 Å². The van der Waals surface area contributed by atoms with Gasteiger partial charge in [0.15, 0.2) is 12.0 Å². The fourth-order valence-corrected chi connectivity index (χ4v) is 4.95. The van der Waals surface area contributed by atoms with Gasteiger partial charge >= 0.3 is 0 Å². The number of benzene rings is 2. The standard InChI is InChI=1S/C28H31FN4O4/c29-26-25(36-17-21-10-5-2-6-11-21)23(18-35-16-20-8-3-1-4-9-20)37-28(26,14-7-15-34)24-13-12-22-27(30)31-19-32-33(22)24/h1-6,8-13,19,23,25-26,34H,7,14-18H2,(H2,30,31,32)/t23-,25-,26-,28?/m1/s1. The molecule has 1 aliphatic heterocycles. The summed E-state index contributed by atoms with van der Waals surface area (Å²) in [6, 6.07) is 22.9. The number of ether oxygens (including phenoxy) is 3. The van der Waals surface area contributed by atoms with E-state index in [1.54, 1.807) is 16.6 Å². The first kappa shape index (κ1) is 25.3. The lowest BCUT2D eigenvalue weighted by atomic mass is 9.87. The minimum absolute atomic E-state index is 0.108. The third-order valence-electron chi connectivity index (χ3n) is 6.76. The number of aromatic nitrogens is 3. The number of fused-ring (bicyclic) bond motifs is 1. The number of hydrogen-bond acceptors (Lipinski definition) is 7. The molecule has 1 fully saturated rings. The number of rotatable bonds is 11. The highest BCUT2D eigenvalue weighted by molar-refractivity contribution is 5.65. The largest absolute Gasteiger partial charge is 0.396 e. The van der Waals surface area contributed by atoms with Crippen molar-refractivity contribution in [2.75, 3.05) is 18.9 Å². The van der Waals surface area contributed by atoms with Gasteiger partial charge in [0.2, 0.25) is 0 Å². The van der Waals surface area contributed by atoms with Crippen LogP contribution in [-0.4, -0.2) is 51.3 Å². The lowest BCUT2D eigenvalue weighted by Crippen LogP contribution is -2.40. The van der Waals surface area contributed by atoms with Gasteiger partial charge in [0.05, 0.1) is 25.5 Å². The second kappa shape index (κ2) is 11.4. The van der Waals surface area contributed by atoms with Crippen LogP contribution in [0.2, 0.25) is 0 Å². The van der Waals surface area contributed by atoms with Crippen LogP contribution in [0.1, 0.15) is 29.7 Å². The second-order valence-electron chi connectivity index (χ2n) is 9.20. The highest BCUT2D eigenvalue weighted by atomic mass is 19.1. The zero-order chi connectivity index (χ0) is 25.7. The van der Waals surface area contributed by atoms with Crippen molar-refractivity contribution in [3.05, 3.63) is 95.9 Å². The Balaban J connectivity index is 1.46. The minimum atomic E-state index is -1.55. The third-order valence-corrected chi connectivity index (χ3v) is 6.76. The molecule has 2 aromatic heterocycles. The second-order valence-corrected chi connectivity index (χ2v) is 9.20. The lowest BCUT2D eigenvalue weighted by Gasteiger charge is -2.31. The van der Waals surface area contributed by atoms with E-state index in [0.717, 1.165) is 11.1 Å². The van der Waals surface area contributed by atoms with Gasteiger partial charge < -0.3 is 25.1 Å². The topological polar surface area (TPSA) is 104 Å². The number of aliphatic hydroxyl groups is 1. The van der Waals surface area contributed by atoms with Crippen LogP contribution in [0.4, 0.5) is 10.2 Å². The fraction of sp³-hybridized carbons (Fsp3) is 0.357. The molecule has 0 aliphatic carbocycles. The van der Waals surface area contributed by atoms with Crippen LogP contribution < -0.4 is 5.73 Å². The molecule has 5 rings (SSSR count). The van der Waals surface area contributed by atoms with Gasteiger partial charge in [0.1, 0.15) is 29.7 Å². The molecule has 1 unspecified atom stereocenters. The van der Waals surface area contributed by atoms with Gasteiger partial charge in [-0.05, 0) is 36.1 Å². The average molecular weight is 507 g/mol. The molecule has 0 spiro atoms. The van der Waals surface area contributed by atoms with Crippen LogP contribution in [0.5, 0.6) is 0 Å². The van der Waals surface area contributed by atoms with E-state index in [0.29, 0.717) is 24.2 Å². The van der Waals surface area contributed by atoms with E-state index in [9.17, 15) is 5.11 Å². The van der Waals surface area contributed by atoms with Crippen molar-refractivity contribution in [1.29, 1.82) is 0 Å². The quantitative estimate of drug-likeness (QED) is 0.319. The molecule has 4 atom stereocenters. The molecule has 1 aliphatic rings. The predicted octanol–water partition coefficient (Wildman–Crippen LogP) is 3.82. The molecular weight excluding hydrogens is 475 g/mol. The molecule has 1 saturated heterocycles. The summed E-state index contributed by atoms with van der Waals surface area (Å²) >= 11 is 0. The molecule has 4 aromatic rings. The first-order valence-electron chi connectivity index (χ1n) is 12.4. The highest BCUT2D eigenvalue weighted by Gasteiger charge is 2.58. The van der Waals surface area contributed by atoms with Gasteiger partial charge in [-0.25, -0.2) is 13.9 Å². The maximum absolute atomic E-state index is 16.7. The minimum Gasteiger partial charge on any atom is -0.396 e. The van der Waals surface area contributed by atoms with Crippen LogP contribution in [0.15, 0.2) is 79.1 Å². The monoisotopic (exact) mass is 506 g/mol. The zero-order valence-corrected chi connectivity index (χ0v) is 20.4. The fourth-order valence-electron chi connectivity index (χ4n) is 4.95. The molecule has 0 bridgehead atoms. The van der Waals surface area contributed by atoms with Gasteiger partial charge in [-0.1, -0.05) is 60.7 Å². The van der Waals surface area contributed by atoms with Crippen molar-refractivity contribution in [2.24, 2.45) is 0 Å². The smallest absolute Gasteiger partial charge is 0.163 e. The molecule has 0 amide bonds. The summed E-state index contributed by atoms with van der Waals surface area (Å²) in [5, 5.41) is 14.0. The summed E-state index contributed by atoms with van der Waals surface area (Å²) < 4.78 is 36.9. The molecule has 37 heavy (non-hydrogen) atoms. The summed E-state index contributed by atoms with van der Waals surface area (Å²) in [6.45, 7) is 0.619. The number of anilines is 1. The molecule has 2 aromatic carbocycles. The molecule has 9 heteroatoms. The van der Waals surface area contributed by atoms with Crippen LogP contribution in [0, 0.1) is 0 Å². The summed E-state index contributed by atoms with van der Waals surface area (Å²) in [7, 11) is 0. The molecule has 3 N–H and O–H groups in total. The van der Waals surface area contributed by atoms with Crippen molar-refractivity contribution in [1.82, 2.24) is 14.6 Å². The molecule has 0 radical (unpaired) electrons. The van der Waals surface area contributed by atoms with Crippen molar-refractivity contribution in [3.63, 3.8) is 0 Å². The summed E-state index contributed by atoms with van der Waals surface area (Å²) in [4.78, 5) is 4.04. The summed E-state index contributed by atoms with van der Waals surface area (Å²) in [5.74, 6) is 0.284. The lowest BCUT2D eigenvalue weighted by molar-refractivity contribution is -0.111. The SMILES string of the molecule is Nc1ncnn2c(C3(CCCO)O[C@H](COCc4ccccc4)[C@@H](OCc4ccccc4)[C@H]3F)ccc12. The van der Waals surface area contributed by atoms with E-state index < -0.39 is 24.0 Å². The van der Waals surface area contributed by atoms with E-state index in [4.69, 9.17) is 19.9 Å². The maximum atomic E-state index is 16.7. The summed E-state index contributed by atoms with van der Waals surface area (Å²) in [5.41, 5.74) is 7.62. The van der Waals surface area contributed by atoms with E-state index in [1.165, 1.54) is 6.33 Å². The Hall–Kier alpha value is -3.37. The Bertz CT molecular complexity index is 1290. The van der Waals surface area contributed by atoms with Gasteiger partial charge in [0, 0.05) is 6.61 Å². The zero-order valence-electron chi connectivity index (χ0n) is 20.4. The first-order chi connectivity index (χ1) is 18.1. The molecular formula is C28H31FN4O4. The number of nitrogens with zero attached hydrogens (tertiary/aromatic N) is 3. The Labute approximate surface area is 214 Å². The molecule has 3 heterocycles. The van der Waals surface area contributed by atoms with Gasteiger partial charge in [0.25, 0.3) is 0 Å². The normalized spacial score (nSPS) is 23.6. The van der Waals surface area contributed by atoms with Crippen molar-refractivity contribution < 1.29 is 23.7 Å². The Morgan fingerprint density at radius 2 is 1.70 bits per heavy atom. The number of aliphatic hydroxyl groups excluding tert-OH is 1. The Morgan fingerprint density at radius 1 is 1.00 bits per heavy atom. The maximum Gasteiger partial charge on any atom is 0.163 e. The van der Waals surface area contributed by atoms with Crippen LogP contribution in [0.3, 0.4) is 0 Å². The first-order valence-corrected chi connectivity index (χ1v) is 12.4.